The highest BCUT2D eigenvalue weighted by Crippen LogP contribution is 2.28. The molecule has 0 atom stereocenters. The van der Waals surface area contributed by atoms with Gasteiger partial charge in [0.1, 0.15) is 0 Å². The van der Waals surface area contributed by atoms with Gasteiger partial charge in [0.2, 0.25) is 4.80 Å². The molecule has 0 saturated heterocycles. The molecule has 0 bridgehead atoms. The third-order valence-electron chi connectivity index (χ3n) is 3.53. The lowest BCUT2D eigenvalue weighted by Crippen LogP contribution is -2.15. The first-order chi connectivity index (χ1) is 10.9. The van der Waals surface area contributed by atoms with Gasteiger partial charge in [-0.15, -0.1) is 15.7 Å². The highest BCUT2D eigenvalue weighted by atomic mass is 32.2. The Morgan fingerprint density at radius 2 is 1.83 bits per heavy atom. The molecule has 1 aromatic heterocycles. The van der Waals surface area contributed by atoms with Crippen molar-refractivity contribution in [3.63, 3.8) is 0 Å². The highest BCUT2D eigenvalue weighted by Gasteiger charge is 2.26. The number of benzene rings is 1. The normalized spacial score (nSPS) is 13.3. The summed E-state index contributed by atoms with van der Waals surface area (Å²) in [4.78, 5) is 11.3. The van der Waals surface area contributed by atoms with Crippen LogP contribution in [0.25, 0.3) is 0 Å². The van der Waals surface area contributed by atoms with Gasteiger partial charge >= 0.3 is 0 Å². The number of para-hydroxylation sites is 1. The Morgan fingerprint density at radius 3 is 2.33 bits per heavy atom. The van der Waals surface area contributed by atoms with Crippen molar-refractivity contribution in [2.45, 2.75) is 38.0 Å². The van der Waals surface area contributed by atoms with E-state index in [4.69, 9.17) is 0 Å². The van der Waals surface area contributed by atoms with Crippen molar-refractivity contribution in [1.82, 2.24) is 4.57 Å². The van der Waals surface area contributed by atoms with Crippen LogP contribution in [0.2, 0.25) is 0 Å². The summed E-state index contributed by atoms with van der Waals surface area (Å²) >= 11 is 1.28. The molecule has 1 aromatic carbocycles. The number of thiazole rings is 1. The van der Waals surface area contributed by atoms with Gasteiger partial charge in [0.05, 0.1) is 4.92 Å². The largest absolute Gasteiger partial charge is 0.323 e. The third kappa shape index (κ3) is 3.41. The molecule has 0 spiro atoms. The Hall–Kier alpha value is -2.00. The lowest BCUT2D eigenvalue weighted by molar-refractivity contribution is -0.387. The van der Waals surface area contributed by atoms with Gasteiger partial charge in [0, 0.05) is 23.7 Å². The lowest BCUT2D eigenvalue weighted by Gasteiger charge is -2.17. The van der Waals surface area contributed by atoms with Gasteiger partial charge in [0.15, 0.2) is 4.90 Å². The van der Waals surface area contributed by atoms with E-state index in [1.165, 1.54) is 29.5 Å². The van der Waals surface area contributed by atoms with Crippen LogP contribution < -0.4 is 4.80 Å². The first kappa shape index (κ1) is 18.3. The third-order valence-corrected chi connectivity index (χ3v) is 6.62. The second-order valence-corrected chi connectivity index (χ2v) is 8.95. The molecule has 130 valence electrons. The van der Waals surface area contributed by atoms with Gasteiger partial charge in [-0.1, -0.05) is 32.9 Å². The molecule has 0 amide bonds. The molecule has 24 heavy (non-hydrogen) atoms. The van der Waals surface area contributed by atoms with E-state index in [2.05, 4.69) is 4.40 Å². The maximum absolute atomic E-state index is 12.6. The zero-order chi connectivity index (χ0) is 18.3. The van der Waals surface area contributed by atoms with Gasteiger partial charge in [-0.3, -0.25) is 10.1 Å². The fourth-order valence-electron chi connectivity index (χ4n) is 2.28. The number of nitro benzene ring substituents is 1. The number of sulfonamides is 1. The van der Waals surface area contributed by atoms with Crippen LogP contribution in [0, 0.1) is 17.0 Å². The fourth-order valence-corrected chi connectivity index (χ4v) is 4.86. The van der Waals surface area contributed by atoms with Crippen LogP contribution in [0.1, 0.15) is 31.3 Å². The topological polar surface area (TPSA) is 94.6 Å². The van der Waals surface area contributed by atoms with Crippen molar-refractivity contribution >= 4 is 27.0 Å². The summed E-state index contributed by atoms with van der Waals surface area (Å²) < 4.78 is 30.7. The summed E-state index contributed by atoms with van der Waals surface area (Å²) in [6.45, 7) is 8.00. The van der Waals surface area contributed by atoms with E-state index in [1.807, 2.05) is 27.7 Å². The highest BCUT2D eigenvalue weighted by molar-refractivity contribution is 7.90. The van der Waals surface area contributed by atoms with Crippen molar-refractivity contribution in [3.8, 4) is 0 Å². The predicted molar refractivity (Wildman–Crippen MR) is 92.6 cm³/mol. The Balaban J connectivity index is 2.71. The van der Waals surface area contributed by atoms with Crippen LogP contribution in [0.5, 0.6) is 0 Å². The van der Waals surface area contributed by atoms with Crippen LogP contribution in [0.15, 0.2) is 33.6 Å². The molecule has 7 nitrogen and oxygen atoms in total. The second kappa shape index (κ2) is 6.14. The average Bonchev–Trinajstić information content (AvgIpc) is 2.75. The smallest absolute Gasteiger partial charge is 0.291 e. The lowest BCUT2D eigenvalue weighted by atomic mass is 9.93. The molecular weight excluding hydrogens is 350 g/mol. The van der Waals surface area contributed by atoms with Crippen LogP contribution in [0.4, 0.5) is 5.69 Å². The van der Waals surface area contributed by atoms with E-state index in [-0.39, 0.29) is 10.2 Å². The number of hydrogen-bond acceptors (Lipinski definition) is 5. The molecule has 0 fully saturated rings. The summed E-state index contributed by atoms with van der Waals surface area (Å²) in [6.07, 6.45) is 0. The van der Waals surface area contributed by atoms with Gasteiger partial charge in [-0.05, 0) is 18.4 Å². The van der Waals surface area contributed by atoms with E-state index in [1.54, 1.807) is 11.6 Å². The van der Waals surface area contributed by atoms with E-state index in [0.29, 0.717) is 0 Å². The van der Waals surface area contributed by atoms with Crippen LogP contribution >= 0.6 is 11.3 Å². The van der Waals surface area contributed by atoms with Crippen LogP contribution in [0.3, 0.4) is 0 Å². The number of aromatic nitrogens is 1. The molecule has 2 rings (SSSR count). The van der Waals surface area contributed by atoms with Crippen LogP contribution in [-0.2, 0) is 22.5 Å². The number of rotatable bonds is 3. The molecule has 0 saturated carbocycles. The molecule has 0 unspecified atom stereocenters. The van der Waals surface area contributed by atoms with Crippen molar-refractivity contribution < 1.29 is 13.3 Å². The van der Waals surface area contributed by atoms with Crippen molar-refractivity contribution in [2.24, 2.45) is 11.4 Å². The van der Waals surface area contributed by atoms with Crippen molar-refractivity contribution in [1.29, 1.82) is 0 Å². The fraction of sp³-hybridized carbons (Fsp3) is 0.400. The molecule has 0 aliphatic carbocycles. The summed E-state index contributed by atoms with van der Waals surface area (Å²) in [6, 6.07) is 5.21. The molecule has 0 aliphatic heterocycles. The summed E-state index contributed by atoms with van der Waals surface area (Å²) in [7, 11) is -2.46. The Bertz CT molecular complexity index is 963. The monoisotopic (exact) mass is 369 g/mol. The Labute approximate surface area is 144 Å². The van der Waals surface area contributed by atoms with Gasteiger partial charge < -0.3 is 4.57 Å². The quantitative estimate of drug-likeness (QED) is 0.614. The number of hydrogen-bond donors (Lipinski definition) is 0. The summed E-state index contributed by atoms with van der Waals surface area (Å²) in [5.74, 6) is 0. The molecule has 2 aromatic rings. The zero-order valence-electron chi connectivity index (χ0n) is 14.1. The minimum Gasteiger partial charge on any atom is -0.323 e. The van der Waals surface area contributed by atoms with Gasteiger partial charge in [0.25, 0.3) is 15.7 Å². The number of nitrogens with zero attached hydrogens (tertiary/aromatic N) is 3. The van der Waals surface area contributed by atoms with E-state index >= 15 is 0 Å². The minimum atomic E-state index is -4.19. The standard InChI is InChI=1S/C15H19N3O4S2/c1-10-13(15(2,3)4)23-14(17(10)5)16-24(21,22)12-9-7-6-8-11(12)18(19)20/h6-9H,1-5H3/b16-14+. The zero-order valence-corrected chi connectivity index (χ0v) is 15.7. The minimum absolute atomic E-state index is 0.150. The molecule has 0 N–H and O–H groups in total. The van der Waals surface area contributed by atoms with E-state index in [0.717, 1.165) is 16.6 Å². The molecule has 9 heteroatoms. The molecular formula is C15H19N3O4S2. The van der Waals surface area contributed by atoms with Gasteiger partial charge in [-0.25, -0.2) is 0 Å². The molecule has 0 aliphatic rings. The first-order valence-electron chi connectivity index (χ1n) is 7.16. The Morgan fingerprint density at radius 1 is 1.25 bits per heavy atom. The van der Waals surface area contributed by atoms with E-state index < -0.39 is 25.5 Å². The Kier molecular flexibility index (Phi) is 4.69. The summed E-state index contributed by atoms with van der Waals surface area (Å²) in [5.41, 5.74) is 0.292. The average molecular weight is 369 g/mol. The molecule has 0 radical (unpaired) electrons. The maximum atomic E-state index is 12.6. The maximum Gasteiger partial charge on any atom is 0.291 e. The number of nitro groups is 1. The SMILES string of the molecule is Cc1c(C(C)(C)C)s/c(=N/S(=O)(=O)c2ccccc2[N+](=O)[O-])n1C. The van der Waals surface area contributed by atoms with Crippen molar-refractivity contribution in [3.05, 3.63) is 49.8 Å². The first-order valence-corrected chi connectivity index (χ1v) is 9.42. The predicted octanol–water partition coefficient (Wildman–Crippen LogP) is 2.89. The summed E-state index contributed by atoms with van der Waals surface area (Å²) in [5, 5.41) is 11.1. The van der Waals surface area contributed by atoms with Crippen LogP contribution in [-0.4, -0.2) is 17.9 Å². The van der Waals surface area contributed by atoms with Gasteiger partial charge in [-0.2, -0.15) is 8.42 Å². The second-order valence-electron chi connectivity index (χ2n) is 6.40. The molecule has 1 heterocycles. The van der Waals surface area contributed by atoms with E-state index in [9.17, 15) is 18.5 Å². The van der Waals surface area contributed by atoms with Crippen molar-refractivity contribution in [2.75, 3.05) is 0 Å².